The van der Waals surface area contributed by atoms with Gasteiger partial charge in [-0.25, -0.2) is 4.99 Å². The fourth-order valence-corrected chi connectivity index (χ4v) is 1.51. The topological polar surface area (TPSA) is 53.9 Å². The van der Waals surface area contributed by atoms with Gasteiger partial charge in [-0.3, -0.25) is 10.1 Å². The number of carbonyl (C=O) groups excluding carboxylic acids is 1. The molecule has 0 radical (unpaired) electrons. The summed E-state index contributed by atoms with van der Waals surface area (Å²) in [6.45, 7) is 1.03. The Hall–Kier alpha value is -2.09. The van der Waals surface area contributed by atoms with Crippen molar-refractivity contribution in [2.45, 2.75) is 6.18 Å². The lowest BCUT2D eigenvalue weighted by atomic mass is 10.1. The number of ether oxygens (including phenoxy) is 1. The second-order valence-electron chi connectivity index (χ2n) is 4.73. The second-order valence-corrected chi connectivity index (χ2v) is 4.73. The lowest BCUT2D eigenvalue weighted by Gasteiger charge is -2.11. The van der Waals surface area contributed by atoms with Crippen molar-refractivity contribution < 1.29 is 22.7 Å². The summed E-state index contributed by atoms with van der Waals surface area (Å²) in [6.07, 6.45) is -4.50. The molecule has 1 aromatic rings. The van der Waals surface area contributed by atoms with Crippen LogP contribution in [0.25, 0.3) is 0 Å². The average molecular weight is 317 g/mol. The van der Waals surface area contributed by atoms with Gasteiger partial charge in [0.2, 0.25) is 0 Å². The number of carbonyl (C=O) groups is 1. The monoisotopic (exact) mass is 317 g/mol. The third-order valence-electron chi connectivity index (χ3n) is 2.67. The van der Waals surface area contributed by atoms with Crippen LogP contribution < -0.4 is 5.32 Å². The summed E-state index contributed by atoms with van der Waals surface area (Å²) in [7, 11) is 5.05. The predicted molar refractivity (Wildman–Crippen MR) is 76.8 cm³/mol. The quantitative estimate of drug-likeness (QED) is 0.683. The lowest BCUT2D eigenvalue weighted by Crippen LogP contribution is -2.32. The first kappa shape index (κ1) is 18.0. The molecule has 0 spiro atoms. The van der Waals surface area contributed by atoms with Crippen LogP contribution in [0, 0.1) is 0 Å². The summed E-state index contributed by atoms with van der Waals surface area (Å²) in [5.74, 6) is -0.712. The third-order valence-corrected chi connectivity index (χ3v) is 2.67. The Morgan fingerprint density at radius 2 is 2.05 bits per heavy atom. The van der Waals surface area contributed by atoms with E-state index in [2.05, 4.69) is 10.3 Å². The molecule has 1 N–H and O–H groups in total. The molecule has 0 aliphatic carbocycles. The molecule has 0 aromatic heterocycles. The van der Waals surface area contributed by atoms with Gasteiger partial charge in [0, 0.05) is 12.1 Å². The Labute approximate surface area is 126 Å². The molecule has 22 heavy (non-hydrogen) atoms. The minimum absolute atomic E-state index is 0.0377. The van der Waals surface area contributed by atoms with E-state index < -0.39 is 17.6 Å². The van der Waals surface area contributed by atoms with E-state index in [9.17, 15) is 18.0 Å². The summed E-state index contributed by atoms with van der Waals surface area (Å²) in [5.41, 5.74) is -1.00. The van der Waals surface area contributed by atoms with Gasteiger partial charge in [0.1, 0.15) is 0 Å². The number of nitrogens with one attached hydrogen (secondary N) is 1. The van der Waals surface area contributed by atoms with Crippen LogP contribution in [0.15, 0.2) is 29.3 Å². The maximum Gasteiger partial charge on any atom is 0.416 e. The van der Waals surface area contributed by atoms with E-state index in [0.29, 0.717) is 13.1 Å². The average Bonchev–Trinajstić information content (AvgIpc) is 2.45. The van der Waals surface area contributed by atoms with Crippen molar-refractivity contribution in [3.05, 3.63) is 35.4 Å². The Balaban J connectivity index is 2.79. The Morgan fingerprint density at radius 1 is 1.36 bits per heavy atom. The molecule has 0 fully saturated rings. The van der Waals surface area contributed by atoms with Gasteiger partial charge >= 0.3 is 6.18 Å². The molecule has 1 amide bonds. The normalized spacial score (nSPS) is 12.4. The largest absolute Gasteiger partial charge is 0.468 e. The molecule has 0 unspecified atom stereocenters. The van der Waals surface area contributed by atoms with Crippen molar-refractivity contribution in [2.24, 2.45) is 4.99 Å². The summed E-state index contributed by atoms with van der Waals surface area (Å²) in [5, 5.41) is 2.34. The van der Waals surface area contributed by atoms with Crippen LogP contribution in [0.1, 0.15) is 15.9 Å². The van der Waals surface area contributed by atoms with Crippen LogP contribution in [-0.4, -0.2) is 51.1 Å². The van der Waals surface area contributed by atoms with Crippen molar-refractivity contribution in [3.8, 4) is 0 Å². The first-order valence-electron chi connectivity index (χ1n) is 6.46. The van der Waals surface area contributed by atoms with E-state index >= 15 is 0 Å². The number of nitrogens with zero attached hydrogens (tertiary/aromatic N) is 2. The van der Waals surface area contributed by atoms with Gasteiger partial charge in [-0.2, -0.15) is 13.2 Å². The standard InChI is InChI=1S/C14H18F3N3O2/c1-20(2)8-7-18-13(22-3)19-12(21)10-5-4-6-11(9-10)14(15,16)17/h4-6,9H,7-8H2,1-3H3,(H,18,19,21). The first-order chi connectivity index (χ1) is 10.2. The van der Waals surface area contributed by atoms with E-state index in [4.69, 9.17) is 4.74 Å². The van der Waals surface area contributed by atoms with Crippen molar-refractivity contribution in [2.75, 3.05) is 34.3 Å². The number of hydrogen-bond donors (Lipinski definition) is 1. The lowest BCUT2D eigenvalue weighted by molar-refractivity contribution is -0.137. The van der Waals surface area contributed by atoms with Gasteiger partial charge < -0.3 is 9.64 Å². The number of alkyl halides is 3. The summed E-state index contributed by atoms with van der Waals surface area (Å²) < 4.78 is 42.8. The molecule has 0 aliphatic heterocycles. The highest BCUT2D eigenvalue weighted by molar-refractivity contribution is 6.04. The smallest absolute Gasteiger partial charge is 0.416 e. The molecular weight excluding hydrogens is 299 g/mol. The van der Waals surface area contributed by atoms with E-state index in [1.165, 1.54) is 19.2 Å². The SMILES string of the molecule is COC(=NCCN(C)C)NC(=O)c1cccc(C(F)(F)F)c1. The van der Waals surface area contributed by atoms with E-state index in [0.717, 1.165) is 12.1 Å². The van der Waals surface area contributed by atoms with Gasteiger partial charge in [0.15, 0.2) is 0 Å². The first-order valence-corrected chi connectivity index (χ1v) is 6.46. The molecule has 8 heteroatoms. The molecule has 0 aliphatic rings. The van der Waals surface area contributed by atoms with E-state index in [1.54, 1.807) is 0 Å². The van der Waals surface area contributed by atoms with Crippen LogP contribution in [0.4, 0.5) is 13.2 Å². The van der Waals surface area contributed by atoms with E-state index in [-0.39, 0.29) is 11.6 Å². The summed E-state index contributed by atoms with van der Waals surface area (Å²) >= 11 is 0. The van der Waals surface area contributed by atoms with Crippen molar-refractivity contribution in [1.29, 1.82) is 0 Å². The molecule has 0 saturated carbocycles. The number of benzene rings is 1. The number of methoxy groups -OCH3 is 1. The molecule has 0 atom stereocenters. The highest BCUT2D eigenvalue weighted by Crippen LogP contribution is 2.29. The van der Waals surface area contributed by atoms with Crippen molar-refractivity contribution in [1.82, 2.24) is 10.2 Å². The summed E-state index contributed by atoms with van der Waals surface area (Å²) in [6, 6.07) is 4.11. The number of amides is 1. The predicted octanol–water partition coefficient (Wildman–Crippen LogP) is 2.00. The fraction of sp³-hybridized carbons (Fsp3) is 0.429. The minimum Gasteiger partial charge on any atom is -0.468 e. The molecule has 0 bridgehead atoms. The Morgan fingerprint density at radius 3 is 2.59 bits per heavy atom. The van der Waals surface area contributed by atoms with Crippen LogP contribution >= 0.6 is 0 Å². The zero-order chi connectivity index (χ0) is 16.8. The third kappa shape index (κ3) is 5.72. The molecule has 0 saturated heterocycles. The van der Waals surface area contributed by atoms with Gasteiger partial charge in [0.05, 0.1) is 19.2 Å². The Kier molecular flexibility index (Phi) is 6.36. The van der Waals surface area contributed by atoms with Crippen LogP contribution in [0.2, 0.25) is 0 Å². The van der Waals surface area contributed by atoms with Crippen LogP contribution in [0.3, 0.4) is 0 Å². The molecule has 1 rings (SSSR count). The number of halogens is 3. The van der Waals surface area contributed by atoms with Crippen molar-refractivity contribution in [3.63, 3.8) is 0 Å². The number of rotatable bonds is 4. The Bertz CT molecular complexity index is 542. The second kappa shape index (κ2) is 7.79. The maximum atomic E-state index is 12.6. The zero-order valence-corrected chi connectivity index (χ0v) is 12.6. The maximum absolute atomic E-state index is 12.6. The highest BCUT2D eigenvalue weighted by Gasteiger charge is 2.30. The molecule has 0 heterocycles. The van der Waals surface area contributed by atoms with Gasteiger partial charge in [-0.05, 0) is 32.3 Å². The van der Waals surface area contributed by atoms with E-state index in [1.807, 2.05) is 19.0 Å². The van der Waals surface area contributed by atoms with Gasteiger partial charge in [-0.1, -0.05) is 6.07 Å². The summed E-state index contributed by atoms with van der Waals surface area (Å²) in [4.78, 5) is 17.9. The number of likely N-dealkylation sites (N-methyl/N-ethyl adjacent to an activating group) is 1. The van der Waals surface area contributed by atoms with Gasteiger partial charge in [-0.15, -0.1) is 0 Å². The van der Waals surface area contributed by atoms with Crippen LogP contribution in [0.5, 0.6) is 0 Å². The fourth-order valence-electron chi connectivity index (χ4n) is 1.51. The van der Waals surface area contributed by atoms with Gasteiger partial charge in [0.25, 0.3) is 11.9 Å². The molecular formula is C14H18F3N3O2. The molecule has 1 aromatic carbocycles. The highest BCUT2D eigenvalue weighted by atomic mass is 19.4. The minimum atomic E-state index is -4.50. The van der Waals surface area contributed by atoms with Crippen LogP contribution in [-0.2, 0) is 10.9 Å². The van der Waals surface area contributed by atoms with Crippen molar-refractivity contribution >= 4 is 11.9 Å². The molecule has 5 nitrogen and oxygen atoms in total. The number of aliphatic imine (C=N–C) groups is 1. The number of hydrogen-bond acceptors (Lipinski definition) is 4. The molecule has 122 valence electrons. The number of amidine groups is 1. The zero-order valence-electron chi connectivity index (χ0n) is 12.6.